The summed E-state index contributed by atoms with van der Waals surface area (Å²) in [4.78, 5) is 28.1. The molecule has 0 aromatic carbocycles. The van der Waals surface area contributed by atoms with E-state index >= 15 is 0 Å². The summed E-state index contributed by atoms with van der Waals surface area (Å²) in [6, 6.07) is 0. The van der Waals surface area contributed by atoms with Gasteiger partial charge in [0.25, 0.3) is 0 Å². The summed E-state index contributed by atoms with van der Waals surface area (Å²) < 4.78 is 11.0. The van der Waals surface area contributed by atoms with E-state index in [1.54, 1.807) is 0 Å². The second-order valence-corrected chi connectivity index (χ2v) is 10.5. The van der Waals surface area contributed by atoms with Gasteiger partial charge in [-0.3, -0.25) is 0 Å². The molecule has 0 amide bonds. The Bertz CT molecular complexity index is 506. The monoisotopic (exact) mass is 502 g/mol. The summed E-state index contributed by atoms with van der Waals surface area (Å²) in [7, 11) is 0. The molecular weight excluding hydrogens is 455 g/mol. The number of carbonyl (C=O) groups is 2. The average Bonchev–Trinajstić information content (AvgIpc) is 3.18. The summed E-state index contributed by atoms with van der Waals surface area (Å²) in [5, 5.41) is 0. The molecule has 4 nitrogen and oxygen atoms in total. The van der Waals surface area contributed by atoms with E-state index in [0.29, 0.717) is 24.4 Å². The molecule has 0 aromatic rings. The van der Waals surface area contributed by atoms with Gasteiger partial charge in [0.05, 0.1) is 0 Å². The van der Waals surface area contributed by atoms with Gasteiger partial charge in [0, 0.05) is 0 Å². The van der Waals surface area contributed by atoms with Crippen LogP contribution in [0.25, 0.3) is 0 Å². The van der Waals surface area contributed by atoms with Crippen molar-refractivity contribution in [2.45, 2.75) is 129 Å². The second kappa shape index (κ2) is 19.6. The Hall–Kier alpha value is -1.06. The molecule has 180 valence electrons. The van der Waals surface area contributed by atoms with Crippen LogP contribution in [0.15, 0.2) is 21.5 Å². The Kier molecular flexibility index (Phi) is 17.7. The molecule has 1 aliphatic rings. The number of carbonyl (C=O) groups excluding carboxylic acids is 2. The van der Waals surface area contributed by atoms with Crippen LogP contribution >= 0.6 is 0 Å². The predicted octanol–water partition coefficient (Wildman–Crippen LogP) is 7.00. The molecule has 0 unspecified atom stereocenters. The third kappa shape index (κ3) is 15.4. The normalized spacial score (nSPS) is 13.4. The number of esters is 2. The zero-order valence-corrected chi connectivity index (χ0v) is 22.1. The molecule has 0 aliphatic carbocycles. The molecule has 5 heteroatoms. The second-order valence-electron chi connectivity index (χ2n) is 8.58. The van der Waals surface area contributed by atoms with Crippen LogP contribution in [0.1, 0.15) is 129 Å². The van der Waals surface area contributed by atoms with Crippen molar-refractivity contribution < 1.29 is 19.1 Å². The van der Waals surface area contributed by atoms with E-state index in [1.165, 1.54) is 77.0 Å². The Morgan fingerprint density at radius 3 is 1.26 bits per heavy atom. The van der Waals surface area contributed by atoms with E-state index in [4.69, 9.17) is 9.47 Å². The molecule has 0 radical (unpaired) electrons. The molecular formula is C26H46O4Se. The van der Waals surface area contributed by atoms with Crippen molar-refractivity contribution in [2.75, 3.05) is 0 Å². The SMILES string of the molecule is CCCCCCCCCCC(=O)OC1=C[SeH2]C=C1OC(=O)CCCCCCCCCC. The number of ether oxygens (including phenoxy) is 2. The van der Waals surface area contributed by atoms with Gasteiger partial charge in [0.1, 0.15) is 0 Å². The van der Waals surface area contributed by atoms with Gasteiger partial charge in [-0.15, -0.1) is 0 Å². The van der Waals surface area contributed by atoms with Crippen LogP contribution in [0.4, 0.5) is 0 Å². The maximum absolute atomic E-state index is 12.1. The first-order valence-electron chi connectivity index (χ1n) is 12.8. The topological polar surface area (TPSA) is 52.6 Å². The number of rotatable bonds is 20. The Morgan fingerprint density at radius 1 is 0.581 bits per heavy atom. The number of hydrogen-bond acceptors (Lipinski definition) is 4. The van der Waals surface area contributed by atoms with Gasteiger partial charge >= 0.3 is 170 Å². The quantitative estimate of drug-likeness (QED) is 0.102. The van der Waals surface area contributed by atoms with Crippen LogP contribution in [0, 0.1) is 0 Å². The first-order chi connectivity index (χ1) is 15.2. The van der Waals surface area contributed by atoms with Crippen molar-refractivity contribution >= 4 is 26.9 Å². The molecule has 0 saturated carbocycles. The number of hydrogen-bond donors (Lipinski definition) is 0. The van der Waals surface area contributed by atoms with Crippen molar-refractivity contribution in [1.29, 1.82) is 0 Å². The van der Waals surface area contributed by atoms with E-state index in [0.717, 1.165) is 25.7 Å². The van der Waals surface area contributed by atoms with Gasteiger partial charge in [-0.05, 0) is 0 Å². The van der Waals surface area contributed by atoms with Crippen LogP contribution < -0.4 is 0 Å². The van der Waals surface area contributed by atoms with E-state index in [9.17, 15) is 9.59 Å². The fraction of sp³-hybridized carbons (Fsp3) is 0.769. The first-order valence-corrected chi connectivity index (χ1v) is 15.2. The molecule has 0 atom stereocenters. The van der Waals surface area contributed by atoms with Crippen molar-refractivity contribution in [3.8, 4) is 0 Å². The summed E-state index contributed by atoms with van der Waals surface area (Å²) in [5.41, 5.74) is 0. The minimum atomic E-state index is -0.469. The van der Waals surface area contributed by atoms with Gasteiger partial charge in [0.2, 0.25) is 0 Å². The predicted molar refractivity (Wildman–Crippen MR) is 131 cm³/mol. The fourth-order valence-electron chi connectivity index (χ4n) is 3.65. The van der Waals surface area contributed by atoms with Crippen LogP contribution in [0.5, 0.6) is 0 Å². The summed E-state index contributed by atoms with van der Waals surface area (Å²) in [6.07, 6.45) is 20.1. The first kappa shape index (κ1) is 28.0. The van der Waals surface area contributed by atoms with Crippen molar-refractivity contribution in [3.63, 3.8) is 0 Å². The standard InChI is InChI=1S/C26H46O4Se/c1-3-5-7-9-11-13-15-17-19-25(27)29-23-21-31-22-24(23)30-26(28)20-18-16-14-12-10-8-6-4-2/h21-22H,3-20,31H2,1-2H3. The molecule has 0 bridgehead atoms. The molecule has 1 heterocycles. The van der Waals surface area contributed by atoms with Crippen LogP contribution in [-0.2, 0) is 19.1 Å². The molecule has 1 aliphatic heterocycles. The van der Waals surface area contributed by atoms with Gasteiger partial charge in [-0.25, -0.2) is 0 Å². The van der Waals surface area contributed by atoms with Gasteiger partial charge in [-0.1, -0.05) is 26.7 Å². The van der Waals surface area contributed by atoms with E-state index < -0.39 is 15.0 Å². The summed E-state index contributed by atoms with van der Waals surface area (Å²) >= 11 is -0.469. The summed E-state index contributed by atoms with van der Waals surface area (Å²) in [6.45, 7) is 4.46. The van der Waals surface area contributed by atoms with Crippen LogP contribution in [-0.4, -0.2) is 26.9 Å². The average molecular weight is 502 g/mol. The maximum atomic E-state index is 12.1. The Morgan fingerprint density at radius 2 is 0.903 bits per heavy atom. The third-order valence-corrected chi connectivity index (χ3v) is 7.39. The molecule has 0 N–H and O–H groups in total. The minimum absolute atomic E-state index is 0.212. The Balaban J connectivity index is 2.09. The van der Waals surface area contributed by atoms with E-state index in [1.807, 2.05) is 9.95 Å². The smallest absolute Gasteiger partial charge is 0.0654 e. The van der Waals surface area contributed by atoms with E-state index in [2.05, 4.69) is 13.8 Å². The van der Waals surface area contributed by atoms with Gasteiger partial charge < -0.3 is 0 Å². The molecule has 0 aromatic heterocycles. The molecule has 0 spiro atoms. The van der Waals surface area contributed by atoms with Crippen molar-refractivity contribution in [3.05, 3.63) is 21.5 Å². The molecule has 0 fully saturated rings. The van der Waals surface area contributed by atoms with E-state index in [-0.39, 0.29) is 11.9 Å². The van der Waals surface area contributed by atoms with Crippen molar-refractivity contribution in [2.24, 2.45) is 0 Å². The van der Waals surface area contributed by atoms with Crippen LogP contribution in [0.3, 0.4) is 0 Å². The van der Waals surface area contributed by atoms with Gasteiger partial charge in [-0.2, -0.15) is 0 Å². The zero-order valence-electron chi connectivity index (χ0n) is 20.0. The third-order valence-electron chi connectivity index (χ3n) is 5.59. The molecule has 0 saturated heterocycles. The molecule has 31 heavy (non-hydrogen) atoms. The minimum Gasteiger partial charge on any atom is -0.0654 e. The fourth-order valence-corrected chi connectivity index (χ4v) is 5.30. The number of unbranched alkanes of at least 4 members (excludes halogenated alkanes) is 14. The van der Waals surface area contributed by atoms with Gasteiger partial charge in [0.15, 0.2) is 0 Å². The van der Waals surface area contributed by atoms with Crippen LogP contribution in [0.2, 0.25) is 0 Å². The Labute approximate surface area is 196 Å². The summed E-state index contributed by atoms with van der Waals surface area (Å²) in [5.74, 6) is 0.509. The zero-order chi connectivity index (χ0) is 22.6. The molecule has 1 rings (SSSR count). The van der Waals surface area contributed by atoms with Crippen molar-refractivity contribution in [1.82, 2.24) is 0 Å².